The van der Waals surface area contributed by atoms with E-state index < -0.39 is 12.0 Å². The monoisotopic (exact) mass is 223 g/mol. The summed E-state index contributed by atoms with van der Waals surface area (Å²) in [5.74, 6) is -1.38. The van der Waals surface area contributed by atoms with Crippen molar-refractivity contribution < 1.29 is 15.0 Å². The number of aliphatic carboxylic acids is 1. The van der Waals surface area contributed by atoms with Crippen molar-refractivity contribution in [1.29, 1.82) is 0 Å². The number of phenols is 1. The number of carboxylic acid groups (broad SMARTS) is 1. The lowest BCUT2D eigenvalue weighted by molar-refractivity contribution is -0.138. The third-order valence-corrected chi connectivity index (χ3v) is 2.06. The first-order chi connectivity index (χ1) is 7.41. The van der Waals surface area contributed by atoms with Gasteiger partial charge in [0.25, 0.3) is 0 Å². The summed E-state index contributed by atoms with van der Waals surface area (Å²) in [6.07, 6.45) is 0. The summed E-state index contributed by atoms with van der Waals surface area (Å²) in [7, 11) is 0. The number of nitrogens with two attached hydrogens (primary N) is 2. The molecule has 0 bridgehead atoms. The molecule has 0 heterocycles. The van der Waals surface area contributed by atoms with Crippen LogP contribution < -0.4 is 11.5 Å². The van der Waals surface area contributed by atoms with E-state index in [1.807, 2.05) is 0 Å². The number of hydrogen-bond acceptors (Lipinski definition) is 3. The Morgan fingerprint density at radius 1 is 1.44 bits per heavy atom. The minimum absolute atomic E-state index is 0.0649. The molecule has 1 aromatic rings. The molecule has 1 rings (SSSR count). The maximum Gasteiger partial charge on any atom is 0.333 e. The van der Waals surface area contributed by atoms with Gasteiger partial charge >= 0.3 is 5.97 Å². The van der Waals surface area contributed by atoms with Gasteiger partial charge < -0.3 is 21.7 Å². The highest BCUT2D eigenvalue weighted by Crippen LogP contribution is 2.24. The topological polar surface area (TPSA) is 122 Å². The zero-order chi connectivity index (χ0) is 12.3. The van der Waals surface area contributed by atoms with Gasteiger partial charge in [-0.3, -0.25) is 0 Å². The Morgan fingerprint density at radius 2 is 2.06 bits per heavy atom. The van der Waals surface area contributed by atoms with Crippen LogP contribution in [0.4, 0.5) is 0 Å². The lowest BCUT2D eigenvalue weighted by Gasteiger charge is -2.11. The van der Waals surface area contributed by atoms with E-state index >= 15 is 0 Å². The zero-order valence-electron chi connectivity index (χ0n) is 8.71. The second-order valence-corrected chi connectivity index (χ2v) is 3.34. The number of nitrogens with zero attached hydrogens (tertiary/aromatic N) is 1. The van der Waals surface area contributed by atoms with Gasteiger partial charge in [-0.05, 0) is 30.2 Å². The summed E-state index contributed by atoms with van der Waals surface area (Å²) in [6, 6.07) is 3.18. The minimum Gasteiger partial charge on any atom is -0.508 e. The summed E-state index contributed by atoms with van der Waals surface area (Å²) in [5, 5.41) is 18.2. The van der Waals surface area contributed by atoms with Crippen LogP contribution in [0.3, 0.4) is 0 Å². The Balaban J connectivity index is 3.21. The molecule has 1 unspecified atom stereocenters. The van der Waals surface area contributed by atoms with Crippen LogP contribution in [0.1, 0.15) is 17.2 Å². The van der Waals surface area contributed by atoms with Crippen LogP contribution in [0.25, 0.3) is 0 Å². The van der Waals surface area contributed by atoms with Gasteiger partial charge in [-0.1, -0.05) is 6.07 Å². The van der Waals surface area contributed by atoms with E-state index in [9.17, 15) is 9.90 Å². The Labute approximate surface area is 92.2 Å². The van der Waals surface area contributed by atoms with Crippen LogP contribution >= 0.6 is 0 Å². The van der Waals surface area contributed by atoms with Gasteiger partial charge in [0, 0.05) is 0 Å². The van der Waals surface area contributed by atoms with Crippen LogP contribution in [0.2, 0.25) is 0 Å². The number of aromatic hydroxyl groups is 1. The molecular weight excluding hydrogens is 210 g/mol. The predicted octanol–water partition coefficient (Wildman–Crippen LogP) is 0.0997. The lowest BCUT2D eigenvalue weighted by Crippen LogP contribution is -2.25. The molecule has 0 radical (unpaired) electrons. The molecule has 86 valence electrons. The Kier molecular flexibility index (Phi) is 3.34. The standard InChI is InChI=1S/C10H13N3O3/c1-5-4-6(14)2-3-7(5)8(9(15)16)13-10(11)12/h2-4,8,14H,1H3,(H,15,16)(H4,11,12,13). The van der Waals surface area contributed by atoms with Gasteiger partial charge in [0.05, 0.1) is 0 Å². The molecule has 0 saturated carbocycles. The van der Waals surface area contributed by atoms with Crippen molar-refractivity contribution >= 4 is 11.9 Å². The van der Waals surface area contributed by atoms with Gasteiger partial charge in [-0.2, -0.15) is 0 Å². The van der Waals surface area contributed by atoms with E-state index in [-0.39, 0.29) is 11.7 Å². The smallest absolute Gasteiger partial charge is 0.333 e. The molecule has 16 heavy (non-hydrogen) atoms. The van der Waals surface area contributed by atoms with Crippen LogP contribution in [0, 0.1) is 6.92 Å². The van der Waals surface area contributed by atoms with Gasteiger partial charge in [-0.25, -0.2) is 9.79 Å². The molecule has 0 amide bonds. The van der Waals surface area contributed by atoms with Gasteiger partial charge in [-0.15, -0.1) is 0 Å². The van der Waals surface area contributed by atoms with Gasteiger partial charge in [0.1, 0.15) is 5.75 Å². The van der Waals surface area contributed by atoms with Crippen LogP contribution in [0.5, 0.6) is 5.75 Å². The minimum atomic E-state index is -1.15. The number of carboxylic acids is 1. The molecule has 1 atom stereocenters. The number of hydrogen-bond donors (Lipinski definition) is 4. The zero-order valence-corrected chi connectivity index (χ0v) is 8.71. The number of phenolic OH excluding ortho intramolecular Hbond substituents is 1. The largest absolute Gasteiger partial charge is 0.508 e. The SMILES string of the molecule is Cc1cc(O)ccc1C(N=C(N)N)C(=O)O. The molecule has 0 saturated heterocycles. The van der Waals surface area contributed by atoms with E-state index in [2.05, 4.69) is 4.99 Å². The van der Waals surface area contributed by atoms with Crippen molar-refractivity contribution in [1.82, 2.24) is 0 Å². The Morgan fingerprint density at radius 3 is 2.50 bits per heavy atom. The fourth-order valence-corrected chi connectivity index (χ4v) is 1.37. The second-order valence-electron chi connectivity index (χ2n) is 3.34. The number of guanidine groups is 1. The third-order valence-electron chi connectivity index (χ3n) is 2.06. The fraction of sp³-hybridized carbons (Fsp3) is 0.200. The highest BCUT2D eigenvalue weighted by atomic mass is 16.4. The molecule has 0 fully saturated rings. The van der Waals surface area contributed by atoms with Crippen LogP contribution in [-0.4, -0.2) is 22.1 Å². The molecule has 0 aliphatic heterocycles. The maximum atomic E-state index is 11.0. The quantitative estimate of drug-likeness (QED) is 0.427. The molecule has 0 aliphatic carbocycles. The van der Waals surface area contributed by atoms with Crippen molar-refractivity contribution in [2.24, 2.45) is 16.5 Å². The maximum absolute atomic E-state index is 11.0. The van der Waals surface area contributed by atoms with Gasteiger partial charge in [0.2, 0.25) is 0 Å². The summed E-state index contributed by atoms with van der Waals surface area (Å²) in [4.78, 5) is 14.6. The normalized spacial score (nSPS) is 11.8. The number of carbonyl (C=O) groups is 1. The highest BCUT2D eigenvalue weighted by Gasteiger charge is 2.20. The fourth-order valence-electron chi connectivity index (χ4n) is 1.37. The Hall–Kier alpha value is -2.24. The van der Waals surface area contributed by atoms with Crippen molar-refractivity contribution in [2.75, 3.05) is 0 Å². The van der Waals surface area contributed by atoms with Crippen molar-refractivity contribution in [2.45, 2.75) is 13.0 Å². The van der Waals surface area contributed by atoms with Crippen LogP contribution in [0.15, 0.2) is 23.2 Å². The first-order valence-corrected chi connectivity index (χ1v) is 4.53. The molecule has 1 aromatic carbocycles. The summed E-state index contributed by atoms with van der Waals surface area (Å²) >= 11 is 0. The van der Waals surface area contributed by atoms with Crippen molar-refractivity contribution in [3.05, 3.63) is 29.3 Å². The average molecular weight is 223 g/mol. The van der Waals surface area contributed by atoms with E-state index in [4.69, 9.17) is 16.6 Å². The van der Waals surface area contributed by atoms with Crippen LogP contribution in [-0.2, 0) is 4.79 Å². The predicted molar refractivity (Wildman–Crippen MR) is 59.0 cm³/mol. The summed E-state index contributed by atoms with van der Waals surface area (Å²) in [6.45, 7) is 1.67. The molecule has 0 spiro atoms. The summed E-state index contributed by atoms with van der Waals surface area (Å²) in [5.41, 5.74) is 11.4. The average Bonchev–Trinajstić information content (AvgIpc) is 2.14. The second kappa shape index (κ2) is 4.52. The molecule has 6 nitrogen and oxygen atoms in total. The Bertz CT molecular complexity index is 439. The first-order valence-electron chi connectivity index (χ1n) is 4.53. The number of rotatable bonds is 3. The molecule has 0 aromatic heterocycles. The van der Waals surface area contributed by atoms with E-state index in [1.54, 1.807) is 6.92 Å². The molecule has 6 heteroatoms. The van der Waals surface area contributed by atoms with E-state index in [0.29, 0.717) is 11.1 Å². The van der Waals surface area contributed by atoms with Gasteiger partial charge in [0.15, 0.2) is 12.0 Å². The van der Waals surface area contributed by atoms with Crippen molar-refractivity contribution in [3.63, 3.8) is 0 Å². The highest BCUT2D eigenvalue weighted by molar-refractivity contribution is 5.83. The number of aliphatic imine (C=N–C) groups is 1. The third kappa shape index (κ3) is 2.63. The van der Waals surface area contributed by atoms with E-state index in [1.165, 1.54) is 18.2 Å². The molecule has 0 aliphatic rings. The number of aryl methyl sites for hydroxylation is 1. The number of benzene rings is 1. The molecule has 6 N–H and O–H groups in total. The van der Waals surface area contributed by atoms with Crippen molar-refractivity contribution in [3.8, 4) is 5.75 Å². The summed E-state index contributed by atoms with van der Waals surface area (Å²) < 4.78 is 0. The lowest BCUT2D eigenvalue weighted by atomic mass is 10.0. The first kappa shape index (κ1) is 11.8. The van der Waals surface area contributed by atoms with E-state index in [0.717, 1.165) is 0 Å². The molecular formula is C10H13N3O3.